The molecule has 0 aromatic heterocycles. The van der Waals surface area contributed by atoms with Gasteiger partial charge >= 0.3 is 0 Å². The fourth-order valence-corrected chi connectivity index (χ4v) is 5.75. The molecule has 0 radical (unpaired) electrons. The molecule has 0 spiro atoms. The Morgan fingerprint density at radius 3 is 1.74 bits per heavy atom. The third-order valence-corrected chi connectivity index (χ3v) is 8.49. The van der Waals surface area contributed by atoms with E-state index in [1.807, 2.05) is 45.0 Å². The van der Waals surface area contributed by atoms with Gasteiger partial charge in [-0.15, -0.1) is 4.83 Å². The fraction of sp³-hybridized carbons (Fsp3) is 0.208. The molecule has 8 nitrogen and oxygen atoms in total. The Kier molecular flexibility index (Phi) is 6.59. The highest BCUT2D eigenvalue weighted by atomic mass is 32.2. The molecule has 1 atom stereocenters. The molecule has 0 aliphatic carbocycles. The van der Waals surface area contributed by atoms with Crippen LogP contribution in [0, 0.1) is 20.8 Å². The third-order valence-electron chi connectivity index (χ3n) is 5.51. The summed E-state index contributed by atoms with van der Waals surface area (Å²) in [6.07, 6.45) is -0.785. The zero-order chi connectivity index (χ0) is 24.5. The summed E-state index contributed by atoms with van der Waals surface area (Å²) in [4.78, 5) is 2.46. The molecule has 0 fully saturated rings. The van der Waals surface area contributed by atoms with Crippen molar-refractivity contribution >= 4 is 25.8 Å². The molecule has 10 heteroatoms. The molecule has 1 aliphatic heterocycles. The average molecular weight is 499 g/mol. The molecule has 3 aromatic rings. The first kappa shape index (κ1) is 24.1. The van der Waals surface area contributed by atoms with E-state index in [0.717, 1.165) is 26.7 Å². The lowest BCUT2D eigenvalue weighted by Gasteiger charge is -2.24. The SMILES string of the molecule is Cc1ccc(C2=NN(S(=O)(=O)c3ccc(C)cc3)C(NNS(=O)(=O)c3ccc(C)cc3)C2)cc1. The molecule has 1 unspecified atom stereocenters. The first-order valence-electron chi connectivity index (χ1n) is 10.7. The minimum Gasteiger partial charge on any atom is -0.219 e. The molecule has 3 aromatic carbocycles. The topological polar surface area (TPSA) is 108 Å². The van der Waals surface area contributed by atoms with E-state index < -0.39 is 26.2 Å². The minimum absolute atomic E-state index is 0.0659. The van der Waals surface area contributed by atoms with Crippen molar-refractivity contribution < 1.29 is 16.8 Å². The second-order valence-corrected chi connectivity index (χ2v) is 11.8. The van der Waals surface area contributed by atoms with E-state index in [4.69, 9.17) is 0 Å². The van der Waals surface area contributed by atoms with Gasteiger partial charge < -0.3 is 0 Å². The van der Waals surface area contributed by atoms with Crippen LogP contribution in [0.3, 0.4) is 0 Å². The van der Waals surface area contributed by atoms with Gasteiger partial charge in [0.2, 0.25) is 0 Å². The smallest absolute Gasteiger partial charge is 0.219 e. The summed E-state index contributed by atoms with van der Waals surface area (Å²) in [5.74, 6) is 0. The Labute approximate surface area is 200 Å². The number of nitrogens with zero attached hydrogens (tertiary/aromatic N) is 2. The standard InChI is InChI=1S/C24H26N4O4S2/c1-17-4-10-20(11-5-17)23-16-24(25-27-33(29,30)21-12-6-18(2)7-13-21)28(26-23)34(31,32)22-14-8-19(3)9-15-22/h4-15,24-25,27H,16H2,1-3H3. The van der Waals surface area contributed by atoms with Crippen LogP contribution < -0.4 is 10.3 Å². The summed E-state index contributed by atoms with van der Waals surface area (Å²) in [5, 5.41) is 4.39. The van der Waals surface area contributed by atoms with Gasteiger partial charge in [0.05, 0.1) is 15.5 Å². The van der Waals surface area contributed by atoms with E-state index in [9.17, 15) is 16.8 Å². The molecule has 1 heterocycles. The summed E-state index contributed by atoms with van der Waals surface area (Å²) < 4.78 is 53.3. The summed E-state index contributed by atoms with van der Waals surface area (Å²) >= 11 is 0. The number of hydrogen-bond acceptors (Lipinski definition) is 6. The lowest BCUT2D eigenvalue weighted by atomic mass is 10.1. The summed E-state index contributed by atoms with van der Waals surface area (Å²) in [6, 6.07) is 20.4. The van der Waals surface area contributed by atoms with Crippen molar-refractivity contribution in [1.29, 1.82) is 0 Å². The van der Waals surface area contributed by atoms with Crippen LogP contribution in [0.4, 0.5) is 0 Å². The number of sulfonamides is 2. The Hall–Kier alpha value is -3.05. The Bertz CT molecular complexity index is 1420. The monoisotopic (exact) mass is 498 g/mol. The van der Waals surface area contributed by atoms with E-state index >= 15 is 0 Å². The normalized spacial score (nSPS) is 16.5. The van der Waals surface area contributed by atoms with Crippen LogP contribution in [0.15, 0.2) is 87.7 Å². The summed E-state index contributed by atoms with van der Waals surface area (Å²) in [5.41, 5.74) is 6.88. The highest BCUT2D eigenvalue weighted by Crippen LogP contribution is 2.26. The number of aryl methyl sites for hydroxylation is 3. The van der Waals surface area contributed by atoms with Crippen molar-refractivity contribution in [3.8, 4) is 0 Å². The minimum atomic E-state index is -4.04. The van der Waals surface area contributed by atoms with E-state index in [1.54, 1.807) is 24.3 Å². The van der Waals surface area contributed by atoms with Gasteiger partial charge in [-0.2, -0.15) is 17.9 Å². The largest absolute Gasteiger partial charge is 0.280 e. The van der Waals surface area contributed by atoms with Gasteiger partial charge in [0, 0.05) is 6.42 Å². The summed E-state index contributed by atoms with van der Waals surface area (Å²) in [7, 11) is -7.97. The van der Waals surface area contributed by atoms with Gasteiger partial charge in [-0.05, 0) is 50.6 Å². The molecule has 0 amide bonds. The van der Waals surface area contributed by atoms with Gasteiger partial charge in [-0.1, -0.05) is 65.2 Å². The first-order valence-corrected chi connectivity index (χ1v) is 13.6. The van der Waals surface area contributed by atoms with Crippen molar-refractivity contribution in [3.05, 3.63) is 95.1 Å². The zero-order valence-corrected chi connectivity index (χ0v) is 20.7. The van der Waals surface area contributed by atoms with Crippen molar-refractivity contribution in [2.45, 2.75) is 43.1 Å². The van der Waals surface area contributed by atoms with Crippen LogP contribution in [0.25, 0.3) is 0 Å². The number of benzene rings is 3. The highest BCUT2D eigenvalue weighted by molar-refractivity contribution is 7.89. The molecule has 0 saturated heterocycles. The van der Waals surface area contributed by atoms with Crippen LogP contribution in [-0.4, -0.2) is 33.1 Å². The van der Waals surface area contributed by atoms with Crippen molar-refractivity contribution in [2.24, 2.45) is 5.10 Å². The van der Waals surface area contributed by atoms with E-state index in [1.165, 1.54) is 24.3 Å². The van der Waals surface area contributed by atoms with Crippen molar-refractivity contribution in [2.75, 3.05) is 0 Å². The van der Waals surface area contributed by atoms with Gasteiger partial charge in [0.1, 0.15) is 6.17 Å². The molecule has 1 aliphatic rings. The maximum Gasteiger partial charge on any atom is 0.280 e. The Balaban J connectivity index is 1.64. The Morgan fingerprint density at radius 1 is 0.735 bits per heavy atom. The number of hydrazine groups is 1. The van der Waals surface area contributed by atoms with E-state index in [2.05, 4.69) is 15.4 Å². The Morgan fingerprint density at radius 2 is 1.21 bits per heavy atom. The maximum atomic E-state index is 13.4. The van der Waals surface area contributed by atoms with E-state index in [-0.39, 0.29) is 16.2 Å². The second kappa shape index (κ2) is 9.30. The van der Waals surface area contributed by atoms with Gasteiger partial charge in [-0.3, -0.25) is 0 Å². The molecule has 34 heavy (non-hydrogen) atoms. The van der Waals surface area contributed by atoms with Crippen LogP contribution >= 0.6 is 0 Å². The maximum absolute atomic E-state index is 13.4. The van der Waals surface area contributed by atoms with Gasteiger partial charge in [0.15, 0.2) is 0 Å². The molecule has 4 rings (SSSR count). The predicted octanol–water partition coefficient (Wildman–Crippen LogP) is 3.22. The zero-order valence-electron chi connectivity index (χ0n) is 19.1. The van der Waals surface area contributed by atoms with Crippen LogP contribution in [-0.2, 0) is 20.0 Å². The molecular formula is C24H26N4O4S2. The second-order valence-electron chi connectivity index (χ2n) is 8.29. The molecular weight excluding hydrogens is 472 g/mol. The van der Waals surface area contributed by atoms with Crippen LogP contribution in [0.2, 0.25) is 0 Å². The number of hydrogen-bond donors (Lipinski definition) is 2. The van der Waals surface area contributed by atoms with Crippen molar-refractivity contribution in [3.63, 3.8) is 0 Å². The number of nitrogens with one attached hydrogen (secondary N) is 2. The molecule has 178 valence electrons. The number of rotatable bonds is 7. The number of hydrazone groups is 1. The fourth-order valence-electron chi connectivity index (χ4n) is 3.48. The first-order chi connectivity index (χ1) is 16.1. The highest BCUT2D eigenvalue weighted by Gasteiger charge is 2.37. The lowest BCUT2D eigenvalue weighted by Crippen LogP contribution is -2.51. The van der Waals surface area contributed by atoms with Gasteiger partial charge in [-0.25, -0.2) is 13.8 Å². The van der Waals surface area contributed by atoms with E-state index in [0.29, 0.717) is 5.71 Å². The molecule has 0 bridgehead atoms. The average Bonchev–Trinajstić information content (AvgIpc) is 3.24. The van der Waals surface area contributed by atoms with Crippen molar-refractivity contribution in [1.82, 2.24) is 14.7 Å². The quantitative estimate of drug-likeness (QED) is 0.487. The summed E-state index contributed by atoms with van der Waals surface area (Å²) in [6.45, 7) is 5.68. The lowest BCUT2D eigenvalue weighted by molar-refractivity contribution is 0.301. The third kappa shape index (κ3) is 5.05. The molecule has 2 N–H and O–H groups in total. The van der Waals surface area contributed by atoms with Gasteiger partial charge in [0.25, 0.3) is 20.0 Å². The van der Waals surface area contributed by atoms with Crippen LogP contribution in [0.5, 0.6) is 0 Å². The van der Waals surface area contributed by atoms with Crippen LogP contribution in [0.1, 0.15) is 28.7 Å². The predicted molar refractivity (Wildman–Crippen MR) is 131 cm³/mol. The molecule has 0 saturated carbocycles.